The first kappa shape index (κ1) is 16.8. The fraction of sp³-hybridized carbons (Fsp3) is 0.438. The second kappa shape index (κ2) is 7.13. The summed E-state index contributed by atoms with van der Waals surface area (Å²) in [5, 5.41) is 3.32. The second-order valence-corrected chi connectivity index (χ2v) is 5.27. The van der Waals surface area contributed by atoms with Crippen molar-refractivity contribution >= 4 is 24.8 Å². The molecular formula is C16H21N5O2. The standard InChI is InChI=1S/C16H21N5O2/c1-5-23-14(22)13-10-19-15(20-11(13)2)21-16(6-7-16)12(8-17-3)9-18-4/h8-10H,3,5-7H2,1-2,4H3,(H,19,20,21)/b12-8+,18-9-. The molecule has 0 spiro atoms. The zero-order valence-corrected chi connectivity index (χ0v) is 13.7. The first-order valence-corrected chi connectivity index (χ1v) is 7.44. The summed E-state index contributed by atoms with van der Waals surface area (Å²) < 4.78 is 4.98. The van der Waals surface area contributed by atoms with Crippen LogP contribution in [0.4, 0.5) is 5.95 Å². The third-order valence-electron chi connectivity index (χ3n) is 3.63. The number of nitrogens with one attached hydrogen (secondary N) is 1. The topological polar surface area (TPSA) is 88.8 Å². The third kappa shape index (κ3) is 3.80. The minimum atomic E-state index is -0.410. The molecule has 7 heteroatoms. The molecule has 0 unspecified atom stereocenters. The van der Waals surface area contributed by atoms with Gasteiger partial charge in [-0.25, -0.2) is 14.8 Å². The molecule has 2 rings (SSSR count). The molecule has 122 valence electrons. The summed E-state index contributed by atoms with van der Waals surface area (Å²) in [4.78, 5) is 28.3. The van der Waals surface area contributed by atoms with Gasteiger partial charge in [0.1, 0.15) is 0 Å². The van der Waals surface area contributed by atoms with Gasteiger partial charge in [0.2, 0.25) is 5.95 Å². The van der Waals surface area contributed by atoms with Crippen LogP contribution in [0.5, 0.6) is 0 Å². The molecule has 1 aliphatic rings. The van der Waals surface area contributed by atoms with Gasteiger partial charge in [0.25, 0.3) is 0 Å². The lowest BCUT2D eigenvalue weighted by molar-refractivity contribution is 0.0524. The highest BCUT2D eigenvalue weighted by atomic mass is 16.5. The number of anilines is 1. The van der Waals surface area contributed by atoms with Crippen LogP contribution in [0.2, 0.25) is 0 Å². The summed E-state index contributed by atoms with van der Waals surface area (Å²) in [7, 11) is 1.71. The number of nitrogens with zero attached hydrogens (tertiary/aromatic N) is 4. The second-order valence-electron chi connectivity index (χ2n) is 5.27. The van der Waals surface area contributed by atoms with Crippen molar-refractivity contribution in [2.75, 3.05) is 19.0 Å². The average molecular weight is 315 g/mol. The van der Waals surface area contributed by atoms with E-state index in [-0.39, 0.29) is 5.54 Å². The number of hydrogen-bond donors (Lipinski definition) is 1. The van der Waals surface area contributed by atoms with Gasteiger partial charge in [-0.3, -0.25) is 9.98 Å². The molecular weight excluding hydrogens is 294 g/mol. The Kier molecular flexibility index (Phi) is 5.20. The Morgan fingerprint density at radius 3 is 2.83 bits per heavy atom. The van der Waals surface area contributed by atoms with E-state index in [0.717, 1.165) is 18.4 Å². The molecule has 0 amide bonds. The van der Waals surface area contributed by atoms with Crippen molar-refractivity contribution in [2.24, 2.45) is 9.98 Å². The minimum Gasteiger partial charge on any atom is -0.462 e. The van der Waals surface area contributed by atoms with Gasteiger partial charge < -0.3 is 10.1 Å². The molecule has 1 aromatic rings. The van der Waals surface area contributed by atoms with Gasteiger partial charge in [-0.2, -0.15) is 0 Å². The van der Waals surface area contributed by atoms with Gasteiger partial charge in [-0.1, -0.05) is 0 Å². The van der Waals surface area contributed by atoms with E-state index in [9.17, 15) is 4.79 Å². The molecule has 0 aliphatic heterocycles. The summed E-state index contributed by atoms with van der Waals surface area (Å²) in [6.07, 6.45) is 6.80. The SMILES string of the molecule is C=N/C=C(\C=N/C)C1(Nc2ncc(C(=O)OCC)c(C)n2)CC1. The lowest BCUT2D eigenvalue weighted by Gasteiger charge is -2.18. The number of aryl methyl sites for hydroxylation is 1. The molecule has 1 aliphatic carbocycles. The van der Waals surface area contributed by atoms with Crippen molar-refractivity contribution in [3.05, 3.63) is 29.2 Å². The van der Waals surface area contributed by atoms with E-state index in [0.29, 0.717) is 23.8 Å². The maximum absolute atomic E-state index is 11.8. The molecule has 0 radical (unpaired) electrons. The average Bonchev–Trinajstić information content (AvgIpc) is 3.28. The highest BCUT2D eigenvalue weighted by Gasteiger charge is 2.46. The summed E-state index contributed by atoms with van der Waals surface area (Å²) in [5.74, 6) is 0.0553. The molecule has 1 aromatic heterocycles. The number of esters is 1. The molecule has 1 N–H and O–H groups in total. The Labute approximate surface area is 135 Å². The Balaban J connectivity index is 2.21. The van der Waals surface area contributed by atoms with Crippen LogP contribution in [-0.2, 0) is 4.74 Å². The van der Waals surface area contributed by atoms with Crippen molar-refractivity contribution in [2.45, 2.75) is 32.2 Å². The van der Waals surface area contributed by atoms with E-state index in [1.807, 2.05) is 0 Å². The molecule has 0 atom stereocenters. The maximum atomic E-state index is 11.8. The summed E-state index contributed by atoms with van der Waals surface area (Å²) in [6, 6.07) is 0. The Bertz CT molecular complexity index is 662. The molecule has 23 heavy (non-hydrogen) atoms. The predicted molar refractivity (Wildman–Crippen MR) is 90.4 cm³/mol. The first-order valence-electron chi connectivity index (χ1n) is 7.44. The number of rotatable bonds is 7. The molecule has 0 aromatic carbocycles. The maximum Gasteiger partial charge on any atom is 0.341 e. The van der Waals surface area contributed by atoms with E-state index >= 15 is 0 Å². The van der Waals surface area contributed by atoms with Crippen molar-refractivity contribution in [1.29, 1.82) is 0 Å². The summed E-state index contributed by atoms with van der Waals surface area (Å²) in [6.45, 7) is 7.33. The molecule has 0 saturated heterocycles. The largest absolute Gasteiger partial charge is 0.462 e. The van der Waals surface area contributed by atoms with Gasteiger partial charge in [-0.05, 0) is 33.4 Å². The quantitative estimate of drug-likeness (QED) is 0.615. The third-order valence-corrected chi connectivity index (χ3v) is 3.63. The van der Waals surface area contributed by atoms with Crippen molar-refractivity contribution < 1.29 is 9.53 Å². The fourth-order valence-corrected chi connectivity index (χ4v) is 2.28. The number of aromatic nitrogens is 2. The first-order chi connectivity index (χ1) is 11.1. The molecule has 7 nitrogen and oxygen atoms in total. The van der Waals surface area contributed by atoms with Crippen LogP contribution in [0.15, 0.2) is 28.0 Å². The van der Waals surface area contributed by atoms with E-state index in [1.54, 1.807) is 33.3 Å². The number of carbonyl (C=O) groups is 1. The van der Waals surface area contributed by atoms with Crippen LogP contribution in [0, 0.1) is 6.92 Å². The van der Waals surface area contributed by atoms with E-state index in [4.69, 9.17) is 4.74 Å². The summed E-state index contributed by atoms with van der Waals surface area (Å²) >= 11 is 0. The molecule has 1 fully saturated rings. The lowest BCUT2D eigenvalue weighted by Crippen LogP contribution is -2.26. The number of hydrogen-bond acceptors (Lipinski definition) is 7. The van der Waals surface area contributed by atoms with Crippen molar-refractivity contribution in [3.8, 4) is 0 Å². The van der Waals surface area contributed by atoms with E-state index in [1.165, 1.54) is 6.20 Å². The number of carbonyl (C=O) groups excluding carboxylic acids is 1. The van der Waals surface area contributed by atoms with Crippen LogP contribution in [0.3, 0.4) is 0 Å². The molecule has 1 saturated carbocycles. The van der Waals surface area contributed by atoms with Crippen LogP contribution in [0.25, 0.3) is 0 Å². The highest BCUT2D eigenvalue weighted by Crippen LogP contribution is 2.44. The Hall–Kier alpha value is -2.57. The lowest BCUT2D eigenvalue weighted by atomic mass is 10.1. The zero-order chi connectivity index (χ0) is 16.9. The van der Waals surface area contributed by atoms with Crippen LogP contribution < -0.4 is 5.32 Å². The molecule has 0 bridgehead atoms. The van der Waals surface area contributed by atoms with Crippen molar-refractivity contribution in [3.63, 3.8) is 0 Å². The normalized spacial score (nSPS) is 16.2. The van der Waals surface area contributed by atoms with E-state index in [2.05, 4.69) is 32.0 Å². The van der Waals surface area contributed by atoms with Crippen LogP contribution in [-0.4, -0.2) is 48.1 Å². The fourth-order valence-electron chi connectivity index (χ4n) is 2.28. The smallest absolute Gasteiger partial charge is 0.341 e. The highest BCUT2D eigenvalue weighted by molar-refractivity contribution is 5.90. The van der Waals surface area contributed by atoms with Gasteiger partial charge in [-0.15, -0.1) is 0 Å². The van der Waals surface area contributed by atoms with Crippen LogP contribution >= 0.6 is 0 Å². The predicted octanol–water partition coefficient (Wildman–Crippen LogP) is 2.19. The van der Waals surface area contributed by atoms with Gasteiger partial charge in [0, 0.05) is 31.2 Å². The van der Waals surface area contributed by atoms with Crippen molar-refractivity contribution in [1.82, 2.24) is 9.97 Å². The van der Waals surface area contributed by atoms with Gasteiger partial charge in [0.15, 0.2) is 0 Å². The number of aliphatic imine (C=N–C) groups is 2. The summed E-state index contributed by atoms with van der Waals surface area (Å²) in [5.41, 5.74) is 1.62. The van der Waals surface area contributed by atoms with Gasteiger partial charge in [0.05, 0.1) is 23.4 Å². The van der Waals surface area contributed by atoms with E-state index < -0.39 is 5.97 Å². The Morgan fingerprint density at radius 2 is 2.30 bits per heavy atom. The molecule has 1 heterocycles. The Morgan fingerprint density at radius 1 is 1.57 bits per heavy atom. The van der Waals surface area contributed by atoms with Crippen LogP contribution in [0.1, 0.15) is 35.8 Å². The zero-order valence-electron chi connectivity index (χ0n) is 13.7. The minimum absolute atomic E-state index is 0.265. The van der Waals surface area contributed by atoms with Gasteiger partial charge >= 0.3 is 5.97 Å². The monoisotopic (exact) mass is 315 g/mol. The number of ether oxygens (including phenoxy) is 1.